The van der Waals surface area contributed by atoms with Crippen molar-refractivity contribution in [3.05, 3.63) is 52.8 Å². The number of aryl methyl sites for hydroxylation is 1. The topological polar surface area (TPSA) is 43.4 Å². The van der Waals surface area contributed by atoms with Crippen molar-refractivity contribution >= 4 is 5.69 Å². The van der Waals surface area contributed by atoms with Crippen molar-refractivity contribution in [1.29, 1.82) is 0 Å². The summed E-state index contributed by atoms with van der Waals surface area (Å²) in [7, 11) is 3.40. The van der Waals surface area contributed by atoms with Gasteiger partial charge >= 0.3 is 0 Å². The number of methoxy groups -OCH3 is 2. The Bertz CT molecular complexity index is 612. The van der Waals surface area contributed by atoms with Crippen molar-refractivity contribution in [3.63, 3.8) is 0 Å². The Balaban J connectivity index is 2.11. The van der Waals surface area contributed by atoms with Crippen LogP contribution in [0.4, 0.5) is 5.69 Å². The number of benzene rings is 1. The summed E-state index contributed by atoms with van der Waals surface area (Å²) in [4.78, 5) is 4.49. The zero-order valence-corrected chi connectivity index (χ0v) is 13.1. The molecule has 0 unspecified atom stereocenters. The average Bonchev–Trinajstić information content (AvgIpc) is 2.48. The van der Waals surface area contributed by atoms with E-state index in [9.17, 15) is 0 Å². The van der Waals surface area contributed by atoms with Crippen LogP contribution in [-0.4, -0.2) is 19.2 Å². The summed E-state index contributed by atoms with van der Waals surface area (Å²) in [5, 5.41) is 3.40. The van der Waals surface area contributed by atoms with Crippen LogP contribution < -0.4 is 10.1 Å². The summed E-state index contributed by atoms with van der Waals surface area (Å²) in [5.41, 5.74) is 5.34. The van der Waals surface area contributed by atoms with Crippen LogP contribution in [0.15, 0.2) is 30.5 Å². The van der Waals surface area contributed by atoms with Gasteiger partial charge in [0, 0.05) is 30.1 Å². The standard InChI is InChI=1S/C17H22N2O2/c1-12-9-19-16(13(2)17(12)21-4)10-18-15-7-5-6-14(8-15)11-20-3/h5-9,18H,10-11H2,1-4H3. The van der Waals surface area contributed by atoms with Crippen molar-refractivity contribution in [2.24, 2.45) is 0 Å². The highest BCUT2D eigenvalue weighted by atomic mass is 16.5. The Morgan fingerprint density at radius 2 is 2.00 bits per heavy atom. The molecule has 2 aromatic rings. The SMILES string of the molecule is COCc1cccc(NCc2ncc(C)c(OC)c2C)c1. The van der Waals surface area contributed by atoms with Gasteiger partial charge in [0.1, 0.15) is 5.75 Å². The molecule has 0 bridgehead atoms. The first-order valence-corrected chi connectivity index (χ1v) is 6.96. The second-order valence-corrected chi connectivity index (χ2v) is 5.03. The zero-order chi connectivity index (χ0) is 15.2. The smallest absolute Gasteiger partial charge is 0.128 e. The molecule has 0 amide bonds. The maximum Gasteiger partial charge on any atom is 0.128 e. The monoisotopic (exact) mass is 286 g/mol. The lowest BCUT2D eigenvalue weighted by Gasteiger charge is -2.13. The second kappa shape index (κ2) is 7.09. The Hall–Kier alpha value is -2.07. The first-order valence-electron chi connectivity index (χ1n) is 6.96. The van der Waals surface area contributed by atoms with Crippen LogP contribution in [0.3, 0.4) is 0 Å². The third-order valence-corrected chi connectivity index (χ3v) is 3.45. The van der Waals surface area contributed by atoms with E-state index in [4.69, 9.17) is 9.47 Å². The van der Waals surface area contributed by atoms with Gasteiger partial charge in [-0.15, -0.1) is 0 Å². The molecule has 0 aliphatic carbocycles. The van der Waals surface area contributed by atoms with Crippen LogP contribution in [0.1, 0.15) is 22.4 Å². The predicted molar refractivity (Wildman–Crippen MR) is 84.7 cm³/mol. The van der Waals surface area contributed by atoms with Crippen LogP contribution in [0.25, 0.3) is 0 Å². The van der Waals surface area contributed by atoms with Gasteiger partial charge in [0.05, 0.1) is 26.0 Å². The highest BCUT2D eigenvalue weighted by molar-refractivity contribution is 5.47. The molecule has 0 spiro atoms. The number of aromatic nitrogens is 1. The lowest BCUT2D eigenvalue weighted by atomic mass is 10.1. The first kappa shape index (κ1) is 15.3. The molecule has 0 saturated heterocycles. The van der Waals surface area contributed by atoms with Crippen molar-refractivity contribution < 1.29 is 9.47 Å². The Morgan fingerprint density at radius 1 is 1.19 bits per heavy atom. The van der Waals surface area contributed by atoms with Crippen LogP contribution >= 0.6 is 0 Å². The fourth-order valence-electron chi connectivity index (χ4n) is 2.37. The van der Waals surface area contributed by atoms with Gasteiger partial charge in [-0.3, -0.25) is 4.98 Å². The van der Waals surface area contributed by atoms with Crippen LogP contribution in [0.5, 0.6) is 5.75 Å². The number of hydrogen-bond acceptors (Lipinski definition) is 4. The summed E-state index contributed by atoms with van der Waals surface area (Å²) in [6.07, 6.45) is 1.85. The van der Waals surface area contributed by atoms with E-state index in [0.29, 0.717) is 13.2 Å². The first-order chi connectivity index (χ1) is 10.2. The molecular weight excluding hydrogens is 264 g/mol. The molecule has 1 aromatic carbocycles. The normalized spacial score (nSPS) is 10.5. The molecular formula is C17H22N2O2. The summed E-state index contributed by atoms with van der Waals surface area (Å²) >= 11 is 0. The van der Waals surface area contributed by atoms with Gasteiger partial charge in [-0.2, -0.15) is 0 Å². The Kier molecular flexibility index (Phi) is 5.17. The summed E-state index contributed by atoms with van der Waals surface area (Å²) in [5.74, 6) is 0.912. The molecule has 1 N–H and O–H groups in total. The second-order valence-electron chi connectivity index (χ2n) is 5.03. The van der Waals surface area contributed by atoms with Gasteiger partial charge in [0.15, 0.2) is 0 Å². The number of nitrogens with zero attached hydrogens (tertiary/aromatic N) is 1. The molecule has 0 aliphatic rings. The number of nitrogens with one attached hydrogen (secondary N) is 1. The molecule has 0 aliphatic heterocycles. The lowest BCUT2D eigenvalue weighted by molar-refractivity contribution is 0.185. The molecule has 21 heavy (non-hydrogen) atoms. The molecule has 2 rings (SSSR count). The molecule has 4 heteroatoms. The highest BCUT2D eigenvalue weighted by Crippen LogP contribution is 2.24. The van der Waals surface area contributed by atoms with E-state index >= 15 is 0 Å². The van der Waals surface area contributed by atoms with E-state index in [-0.39, 0.29) is 0 Å². The number of anilines is 1. The number of pyridine rings is 1. The van der Waals surface area contributed by atoms with E-state index in [0.717, 1.165) is 33.8 Å². The van der Waals surface area contributed by atoms with Crippen molar-refractivity contribution in [3.8, 4) is 5.75 Å². The number of rotatable bonds is 6. The quantitative estimate of drug-likeness (QED) is 0.883. The van der Waals surface area contributed by atoms with E-state index in [1.165, 1.54) is 0 Å². The van der Waals surface area contributed by atoms with Gasteiger partial charge in [0.25, 0.3) is 0 Å². The third kappa shape index (κ3) is 3.73. The summed E-state index contributed by atoms with van der Waals surface area (Å²) in [6, 6.07) is 8.20. The number of ether oxygens (including phenoxy) is 2. The zero-order valence-electron chi connectivity index (χ0n) is 13.1. The van der Waals surface area contributed by atoms with E-state index < -0.39 is 0 Å². The van der Waals surface area contributed by atoms with E-state index in [1.807, 2.05) is 38.2 Å². The minimum absolute atomic E-state index is 0.616. The van der Waals surface area contributed by atoms with Crippen LogP contribution in [0, 0.1) is 13.8 Å². The summed E-state index contributed by atoms with van der Waals surface area (Å²) in [6.45, 7) is 5.32. The molecule has 1 heterocycles. The Labute approximate surface area is 126 Å². The van der Waals surface area contributed by atoms with Crippen molar-refractivity contribution in [1.82, 2.24) is 4.98 Å². The molecule has 1 aromatic heterocycles. The summed E-state index contributed by atoms with van der Waals surface area (Å²) < 4.78 is 10.6. The van der Waals surface area contributed by atoms with E-state index in [2.05, 4.69) is 16.4 Å². The van der Waals surface area contributed by atoms with Gasteiger partial charge < -0.3 is 14.8 Å². The van der Waals surface area contributed by atoms with Crippen molar-refractivity contribution in [2.75, 3.05) is 19.5 Å². The Morgan fingerprint density at radius 3 is 2.71 bits per heavy atom. The minimum Gasteiger partial charge on any atom is -0.496 e. The van der Waals surface area contributed by atoms with Gasteiger partial charge in [-0.1, -0.05) is 12.1 Å². The number of hydrogen-bond donors (Lipinski definition) is 1. The van der Waals surface area contributed by atoms with Crippen LogP contribution in [-0.2, 0) is 17.9 Å². The molecule has 4 nitrogen and oxygen atoms in total. The van der Waals surface area contributed by atoms with Crippen molar-refractivity contribution in [2.45, 2.75) is 27.0 Å². The molecule has 0 radical (unpaired) electrons. The lowest BCUT2D eigenvalue weighted by Crippen LogP contribution is -2.06. The highest BCUT2D eigenvalue weighted by Gasteiger charge is 2.09. The molecule has 0 saturated carbocycles. The molecule has 0 atom stereocenters. The third-order valence-electron chi connectivity index (χ3n) is 3.45. The predicted octanol–water partition coefficient (Wildman–Crippen LogP) is 3.47. The fourth-order valence-corrected chi connectivity index (χ4v) is 2.37. The largest absolute Gasteiger partial charge is 0.496 e. The average molecular weight is 286 g/mol. The molecule has 112 valence electrons. The van der Waals surface area contributed by atoms with Gasteiger partial charge in [-0.05, 0) is 31.5 Å². The molecule has 0 fully saturated rings. The van der Waals surface area contributed by atoms with Gasteiger partial charge in [0.2, 0.25) is 0 Å². The van der Waals surface area contributed by atoms with E-state index in [1.54, 1.807) is 14.2 Å². The maximum absolute atomic E-state index is 5.44. The van der Waals surface area contributed by atoms with Crippen LogP contribution in [0.2, 0.25) is 0 Å². The maximum atomic E-state index is 5.44. The fraction of sp³-hybridized carbons (Fsp3) is 0.353. The minimum atomic E-state index is 0.616. The van der Waals surface area contributed by atoms with Gasteiger partial charge in [-0.25, -0.2) is 0 Å².